The molecule has 0 saturated heterocycles. The predicted octanol–water partition coefficient (Wildman–Crippen LogP) is 7.19. The third kappa shape index (κ3) is 9.86. The highest BCUT2D eigenvalue weighted by Gasteiger charge is 2.26. The SMILES string of the molecule is C=C(CC)N=C(NC(=O)Cc1ccccc1CC)SCC1CCCCC(c2nnc(NC(=O)Cc3ccccc3C#N)s2)C1. The van der Waals surface area contributed by atoms with Crippen LogP contribution in [0, 0.1) is 17.2 Å². The first kappa shape index (κ1) is 33.1. The van der Waals surface area contributed by atoms with Crippen LogP contribution in [0.1, 0.15) is 85.6 Å². The number of rotatable bonds is 11. The lowest BCUT2D eigenvalue weighted by molar-refractivity contribution is -0.119. The van der Waals surface area contributed by atoms with Crippen molar-refractivity contribution in [3.63, 3.8) is 0 Å². The van der Waals surface area contributed by atoms with Crippen LogP contribution in [0.4, 0.5) is 5.13 Å². The Kier molecular flexibility index (Phi) is 12.7. The Morgan fingerprint density at radius 3 is 2.48 bits per heavy atom. The largest absolute Gasteiger partial charge is 0.305 e. The molecule has 0 bridgehead atoms. The Balaban J connectivity index is 1.35. The van der Waals surface area contributed by atoms with Crippen molar-refractivity contribution >= 4 is 45.2 Å². The van der Waals surface area contributed by atoms with Crippen molar-refractivity contribution in [1.29, 1.82) is 5.26 Å². The molecule has 8 nitrogen and oxygen atoms in total. The number of amides is 2. The summed E-state index contributed by atoms with van der Waals surface area (Å²) in [5.41, 5.74) is 4.14. The van der Waals surface area contributed by atoms with Crippen LogP contribution in [-0.2, 0) is 28.9 Å². The number of amidine groups is 1. The van der Waals surface area contributed by atoms with E-state index in [1.54, 1.807) is 30.0 Å². The summed E-state index contributed by atoms with van der Waals surface area (Å²) in [6.45, 7) is 8.14. The van der Waals surface area contributed by atoms with E-state index in [2.05, 4.69) is 51.5 Å². The maximum absolute atomic E-state index is 13.0. The molecule has 2 unspecified atom stereocenters. The summed E-state index contributed by atoms with van der Waals surface area (Å²) in [4.78, 5) is 30.3. The molecule has 1 fully saturated rings. The Hall–Kier alpha value is -3.81. The van der Waals surface area contributed by atoms with Crippen LogP contribution in [0.5, 0.6) is 0 Å². The number of aryl methyl sites for hydroxylation is 1. The first-order valence-electron chi connectivity index (χ1n) is 15.3. The molecule has 0 radical (unpaired) electrons. The van der Waals surface area contributed by atoms with E-state index in [0.29, 0.717) is 40.2 Å². The third-order valence-electron chi connectivity index (χ3n) is 7.78. The van der Waals surface area contributed by atoms with Gasteiger partial charge < -0.3 is 10.6 Å². The van der Waals surface area contributed by atoms with Crippen molar-refractivity contribution in [2.24, 2.45) is 10.9 Å². The second-order valence-electron chi connectivity index (χ2n) is 11.0. The molecule has 0 spiro atoms. The molecule has 2 N–H and O–H groups in total. The first-order chi connectivity index (χ1) is 21.4. The minimum atomic E-state index is -0.216. The van der Waals surface area contributed by atoms with Crippen molar-refractivity contribution in [2.75, 3.05) is 11.1 Å². The number of carbonyl (C=O) groups excluding carboxylic acids is 2. The van der Waals surface area contributed by atoms with Crippen LogP contribution in [0.15, 0.2) is 65.8 Å². The van der Waals surface area contributed by atoms with Gasteiger partial charge in [-0.3, -0.25) is 9.59 Å². The second-order valence-corrected chi connectivity index (χ2v) is 13.0. The van der Waals surface area contributed by atoms with Gasteiger partial charge >= 0.3 is 0 Å². The van der Waals surface area contributed by atoms with Crippen molar-refractivity contribution in [3.05, 3.63) is 88.1 Å². The molecule has 0 aliphatic heterocycles. The number of hydrogen-bond acceptors (Lipinski definition) is 8. The second kappa shape index (κ2) is 16.9. The number of allylic oxidation sites excluding steroid dienone is 1. The van der Waals surface area contributed by atoms with Gasteiger partial charge in [0.2, 0.25) is 16.9 Å². The van der Waals surface area contributed by atoms with Gasteiger partial charge in [0.1, 0.15) is 5.01 Å². The highest BCUT2D eigenvalue weighted by Crippen LogP contribution is 2.38. The van der Waals surface area contributed by atoms with E-state index in [1.807, 2.05) is 31.2 Å². The number of nitrogens with zero attached hydrogens (tertiary/aromatic N) is 4. The monoisotopic (exact) mass is 628 g/mol. The molecular weight excluding hydrogens is 589 g/mol. The molecule has 2 amide bonds. The number of anilines is 1. The summed E-state index contributed by atoms with van der Waals surface area (Å²) >= 11 is 3.02. The lowest BCUT2D eigenvalue weighted by Gasteiger charge is -2.19. The summed E-state index contributed by atoms with van der Waals surface area (Å²) in [7, 11) is 0. The van der Waals surface area contributed by atoms with Gasteiger partial charge in [-0.25, -0.2) is 4.99 Å². The Morgan fingerprint density at radius 2 is 1.73 bits per heavy atom. The fourth-order valence-electron chi connectivity index (χ4n) is 5.33. The molecule has 3 aromatic rings. The van der Waals surface area contributed by atoms with Crippen LogP contribution in [-0.4, -0.2) is 32.9 Å². The van der Waals surface area contributed by atoms with Crippen LogP contribution < -0.4 is 10.6 Å². The summed E-state index contributed by atoms with van der Waals surface area (Å²) in [5, 5.41) is 26.0. The standard InChI is InChI=1S/C34H40N6O2S2/c1-4-23(3)36-33(37-30(41)19-26-14-9-8-13-25(26)5-2)43-22-24-12-6-7-16-28(18-24)32-39-40-34(44-32)38-31(42)20-27-15-10-11-17-29(27)21-35/h8-11,13-15,17,24,28H,3-7,12,16,18-20,22H2,1-2H3,(H,36,37,41)(H,38,40,42). The van der Waals surface area contributed by atoms with Crippen molar-refractivity contribution < 1.29 is 9.59 Å². The molecule has 10 heteroatoms. The smallest absolute Gasteiger partial charge is 0.230 e. The zero-order chi connectivity index (χ0) is 31.3. The third-order valence-corrected chi connectivity index (χ3v) is 9.88. The average molecular weight is 629 g/mol. The van der Waals surface area contributed by atoms with E-state index in [4.69, 9.17) is 0 Å². The summed E-state index contributed by atoms with van der Waals surface area (Å²) in [5.74, 6) is 1.23. The molecule has 2 aromatic carbocycles. The number of nitrogens with one attached hydrogen (secondary N) is 2. The average Bonchev–Trinajstić information content (AvgIpc) is 3.35. The molecule has 1 aliphatic rings. The zero-order valence-electron chi connectivity index (χ0n) is 25.5. The van der Waals surface area contributed by atoms with Crippen molar-refractivity contribution in [3.8, 4) is 6.07 Å². The van der Waals surface area contributed by atoms with E-state index in [0.717, 1.165) is 60.5 Å². The maximum Gasteiger partial charge on any atom is 0.230 e. The molecule has 1 aromatic heterocycles. The van der Waals surface area contributed by atoms with Gasteiger partial charge in [0.15, 0.2) is 5.17 Å². The fraction of sp³-hybridized carbons (Fsp3) is 0.412. The van der Waals surface area contributed by atoms with Gasteiger partial charge in [-0.15, -0.1) is 10.2 Å². The van der Waals surface area contributed by atoms with E-state index in [9.17, 15) is 14.9 Å². The van der Waals surface area contributed by atoms with E-state index in [-0.39, 0.29) is 24.2 Å². The maximum atomic E-state index is 13.0. The lowest BCUT2D eigenvalue weighted by atomic mass is 9.95. The summed E-state index contributed by atoms with van der Waals surface area (Å²) in [6.07, 6.45) is 7.36. The van der Waals surface area contributed by atoms with Gasteiger partial charge in [0.25, 0.3) is 0 Å². The number of hydrogen-bond donors (Lipinski definition) is 2. The molecule has 1 aliphatic carbocycles. The minimum Gasteiger partial charge on any atom is -0.305 e. The quantitative estimate of drug-likeness (QED) is 0.132. The van der Waals surface area contributed by atoms with Crippen LogP contribution in [0.2, 0.25) is 0 Å². The number of thioether (sulfide) groups is 1. The number of aromatic nitrogens is 2. The molecule has 44 heavy (non-hydrogen) atoms. The number of aliphatic imine (C=N–C) groups is 1. The van der Waals surface area contributed by atoms with Crippen molar-refractivity contribution in [1.82, 2.24) is 15.5 Å². The topological polar surface area (TPSA) is 120 Å². The van der Waals surface area contributed by atoms with Crippen LogP contribution in [0.25, 0.3) is 0 Å². The van der Waals surface area contributed by atoms with E-state index in [1.165, 1.54) is 16.9 Å². The summed E-state index contributed by atoms with van der Waals surface area (Å²) < 4.78 is 0. The van der Waals surface area contributed by atoms with Gasteiger partial charge in [0.05, 0.1) is 24.5 Å². The lowest BCUT2D eigenvalue weighted by Crippen LogP contribution is -2.31. The summed E-state index contributed by atoms with van der Waals surface area (Å²) in [6, 6.07) is 17.3. The Bertz CT molecular complexity index is 1530. The number of benzene rings is 2. The molecular formula is C34H40N6O2S2. The highest BCUT2D eigenvalue weighted by molar-refractivity contribution is 8.13. The van der Waals surface area contributed by atoms with Crippen molar-refractivity contribution in [2.45, 2.75) is 77.6 Å². The normalized spacial score (nSPS) is 16.9. The van der Waals surface area contributed by atoms with E-state index < -0.39 is 0 Å². The first-order valence-corrected chi connectivity index (χ1v) is 17.1. The Morgan fingerprint density at radius 1 is 1.02 bits per heavy atom. The minimum absolute atomic E-state index is 0.0701. The van der Waals surface area contributed by atoms with E-state index >= 15 is 0 Å². The highest BCUT2D eigenvalue weighted by atomic mass is 32.2. The van der Waals surface area contributed by atoms with Gasteiger partial charge in [-0.1, -0.05) is 98.8 Å². The number of nitriles is 1. The van der Waals surface area contributed by atoms with Gasteiger partial charge in [0, 0.05) is 17.4 Å². The van der Waals surface area contributed by atoms with Gasteiger partial charge in [-0.05, 0) is 60.8 Å². The molecule has 1 heterocycles. The van der Waals surface area contributed by atoms with Crippen LogP contribution >= 0.6 is 23.1 Å². The number of carbonyl (C=O) groups is 2. The van der Waals surface area contributed by atoms with Gasteiger partial charge in [-0.2, -0.15) is 5.26 Å². The molecule has 230 valence electrons. The zero-order valence-corrected chi connectivity index (χ0v) is 27.1. The molecule has 2 atom stereocenters. The molecule has 1 saturated carbocycles. The van der Waals surface area contributed by atoms with Crippen LogP contribution in [0.3, 0.4) is 0 Å². The molecule has 4 rings (SSSR count). The Labute approximate surface area is 268 Å². The fourth-order valence-corrected chi connectivity index (χ4v) is 7.32. The predicted molar refractivity (Wildman–Crippen MR) is 180 cm³/mol.